The summed E-state index contributed by atoms with van der Waals surface area (Å²) < 4.78 is 39.7. The van der Waals surface area contributed by atoms with Crippen LogP contribution in [0.25, 0.3) is 6.08 Å². The third-order valence-corrected chi connectivity index (χ3v) is 4.15. The SMILES string of the molecule is O=C(O)c1ccc(N2N=C(C(F)(F)F)/C(=C/c3cccs3)C2=O)cc1. The molecule has 0 unspecified atom stereocenters. The van der Waals surface area contributed by atoms with Crippen molar-refractivity contribution < 1.29 is 27.9 Å². The van der Waals surface area contributed by atoms with Gasteiger partial charge in [0.2, 0.25) is 0 Å². The van der Waals surface area contributed by atoms with Gasteiger partial charge >= 0.3 is 12.1 Å². The zero-order valence-electron chi connectivity index (χ0n) is 12.3. The maximum Gasteiger partial charge on any atom is 0.435 e. The van der Waals surface area contributed by atoms with Gasteiger partial charge in [0.25, 0.3) is 5.91 Å². The van der Waals surface area contributed by atoms with Crippen molar-refractivity contribution in [1.82, 2.24) is 0 Å². The van der Waals surface area contributed by atoms with E-state index in [0.29, 0.717) is 9.89 Å². The van der Waals surface area contributed by atoms with E-state index in [2.05, 4.69) is 5.10 Å². The molecule has 25 heavy (non-hydrogen) atoms. The second-order valence-corrected chi connectivity index (χ2v) is 5.97. The van der Waals surface area contributed by atoms with Crippen molar-refractivity contribution in [2.24, 2.45) is 5.10 Å². The molecule has 128 valence electrons. The molecule has 1 aromatic heterocycles. The lowest BCUT2D eigenvalue weighted by Crippen LogP contribution is -2.25. The highest BCUT2D eigenvalue weighted by Crippen LogP contribution is 2.33. The molecule has 1 aromatic carbocycles. The van der Waals surface area contributed by atoms with Crippen LogP contribution in [-0.4, -0.2) is 28.9 Å². The normalized spacial score (nSPS) is 16.4. The first-order chi connectivity index (χ1) is 11.8. The number of hydrogen-bond donors (Lipinski definition) is 1. The van der Waals surface area contributed by atoms with Gasteiger partial charge in [0.15, 0.2) is 5.71 Å². The second-order valence-electron chi connectivity index (χ2n) is 4.99. The summed E-state index contributed by atoms with van der Waals surface area (Å²) in [6.45, 7) is 0. The summed E-state index contributed by atoms with van der Waals surface area (Å²) in [7, 11) is 0. The largest absolute Gasteiger partial charge is 0.478 e. The minimum absolute atomic E-state index is 0.0475. The number of halogens is 3. The quantitative estimate of drug-likeness (QED) is 0.840. The zero-order valence-corrected chi connectivity index (χ0v) is 13.1. The number of rotatable bonds is 3. The summed E-state index contributed by atoms with van der Waals surface area (Å²) in [4.78, 5) is 23.8. The summed E-state index contributed by atoms with van der Waals surface area (Å²) >= 11 is 1.19. The van der Waals surface area contributed by atoms with Crippen LogP contribution < -0.4 is 5.01 Å². The number of hydrazone groups is 1. The Hall–Kier alpha value is -2.94. The van der Waals surface area contributed by atoms with Crippen molar-refractivity contribution >= 4 is 40.7 Å². The highest BCUT2D eigenvalue weighted by molar-refractivity contribution is 7.10. The van der Waals surface area contributed by atoms with E-state index in [-0.39, 0.29) is 11.3 Å². The summed E-state index contributed by atoms with van der Waals surface area (Å²) in [5.41, 5.74) is -1.85. The number of amides is 1. The summed E-state index contributed by atoms with van der Waals surface area (Å²) in [5, 5.41) is 14.6. The lowest BCUT2D eigenvalue weighted by atomic mass is 10.1. The molecule has 2 heterocycles. The maximum atomic E-state index is 13.2. The number of carbonyl (C=O) groups is 2. The molecule has 1 N–H and O–H groups in total. The lowest BCUT2D eigenvalue weighted by molar-refractivity contribution is -0.114. The molecular formula is C16H9F3N2O3S. The molecule has 9 heteroatoms. The van der Waals surface area contributed by atoms with Gasteiger partial charge in [-0.1, -0.05) is 6.07 Å². The van der Waals surface area contributed by atoms with Gasteiger partial charge in [-0.3, -0.25) is 4.79 Å². The van der Waals surface area contributed by atoms with Gasteiger partial charge in [0.1, 0.15) is 0 Å². The Kier molecular flexibility index (Phi) is 4.17. The molecular weight excluding hydrogens is 357 g/mol. The molecule has 0 atom stereocenters. The number of alkyl halides is 3. The van der Waals surface area contributed by atoms with Crippen molar-refractivity contribution in [1.29, 1.82) is 0 Å². The molecule has 3 rings (SSSR count). The molecule has 0 radical (unpaired) electrons. The Morgan fingerprint density at radius 1 is 1.20 bits per heavy atom. The number of anilines is 1. The first-order valence-corrected chi connectivity index (χ1v) is 7.74. The fourth-order valence-corrected chi connectivity index (χ4v) is 2.85. The Balaban J connectivity index is 2.03. The topological polar surface area (TPSA) is 70.0 Å². The molecule has 2 aromatic rings. The number of carboxylic acid groups (broad SMARTS) is 1. The summed E-state index contributed by atoms with van der Waals surface area (Å²) in [5.74, 6) is -2.11. The van der Waals surface area contributed by atoms with Gasteiger partial charge in [0, 0.05) is 4.88 Å². The van der Waals surface area contributed by atoms with Crippen LogP contribution in [-0.2, 0) is 4.79 Å². The van der Waals surface area contributed by atoms with Crippen molar-refractivity contribution in [3.63, 3.8) is 0 Å². The third-order valence-electron chi connectivity index (χ3n) is 3.34. The van der Waals surface area contributed by atoms with Gasteiger partial charge in [-0.15, -0.1) is 11.3 Å². The van der Waals surface area contributed by atoms with Gasteiger partial charge in [0.05, 0.1) is 16.8 Å². The molecule has 1 aliphatic rings. The van der Waals surface area contributed by atoms with E-state index in [1.165, 1.54) is 35.6 Å². The highest BCUT2D eigenvalue weighted by atomic mass is 32.1. The minimum Gasteiger partial charge on any atom is -0.478 e. The van der Waals surface area contributed by atoms with Crippen molar-refractivity contribution in [3.05, 3.63) is 57.8 Å². The summed E-state index contributed by atoms with van der Waals surface area (Å²) in [6, 6.07) is 8.08. The second kappa shape index (κ2) is 6.17. The standard InChI is InChI=1S/C16H9F3N2O3S/c17-16(18,19)13-12(8-11-2-1-7-25-11)14(22)21(20-13)10-5-3-9(4-6-10)15(23)24/h1-8H,(H,23,24)/b12-8-. The predicted molar refractivity (Wildman–Crippen MR) is 86.7 cm³/mol. The Labute approximate surface area is 143 Å². The minimum atomic E-state index is -4.80. The van der Waals surface area contributed by atoms with Crippen LogP contribution in [0.3, 0.4) is 0 Å². The maximum absolute atomic E-state index is 13.2. The van der Waals surface area contributed by atoms with E-state index in [1.54, 1.807) is 17.5 Å². The Bertz CT molecular complexity index is 884. The molecule has 0 aliphatic carbocycles. The number of benzene rings is 1. The van der Waals surface area contributed by atoms with E-state index >= 15 is 0 Å². The van der Waals surface area contributed by atoms with Crippen LogP contribution in [0.4, 0.5) is 18.9 Å². The average molecular weight is 366 g/mol. The molecule has 0 spiro atoms. The van der Waals surface area contributed by atoms with Gasteiger partial charge in [-0.05, 0) is 41.8 Å². The van der Waals surface area contributed by atoms with E-state index in [9.17, 15) is 22.8 Å². The van der Waals surface area contributed by atoms with Crippen molar-refractivity contribution in [2.45, 2.75) is 6.18 Å². The number of thiophene rings is 1. The third kappa shape index (κ3) is 3.31. The molecule has 0 saturated heterocycles. The van der Waals surface area contributed by atoms with E-state index in [1.807, 2.05) is 0 Å². The smallest absolute Gasteiger partial charge is 0.435 e. The van der Waals surface area contributed by atoms with Gasteiger partial charge in [-0.25, -0.2) is 4.79 Å². The first kappa shape index (κ1) is 16.9. The van der Waals surface area contributed by atoms with Crippen LogP contribution >= 0.6 is 11.3 Å². The fourth-order valence-electron chi connectivity index (χ4n) is 2.19. The molecule has 0 bridgehead atoms. The van der Waals surface area contributed by atoms with Crippen LogP contribution in [0, 0.1) is 0 Å². The molecule has 1 aliphatic heterocycles. The monoisotopic (exact) mass is 366 g/mol. The molecule has 1 amide bonds. The number of nitrogens with zero attached hydrogens (tertiary/aromatic N) is 2. The van der Waals surface area contributed by atoms with E-state index in [4.69, 9.17) is 5.11 Å². The van der Waals surface area contributed by atoms with E-state index < -0.39 is 29.3 Å². The summed E-state index contributed by atoms with van der Waals surface area (Å²) in [6.07, 6.45) is -3.65. The zero-order chi connectivity index (χ0) is 18.2. The number of carboxylic acids is 1. The average Bonchev–Trinajstić information content (AvgIpc) is 3.16. The number of hydrogen-bond acceptors (Lipinski definition) is 4. The van der Waals surface area contributed by atoms with Gasteiger partial charge < -0.3 is 5.11 Å². The van der Waals surface area contributed by atoms with Crippen LogP contribution in [0.15, 0.2) is 52.5 Å². The van der Waals surface area contributed by atoms with Crippen molar-refractivity contribution in [3.8, 4) is 0 Å². The van der Waals surface area contributed by atoms with E-state index in [0.717, 1.165) is 6.08 Å². The fraction of sp³-hybridized carbons (Fsp3) is 0.0625. The Morgan fingerprint density at radius 2 is 1.88 bits per heavy atom. The number of carbonyl (C=O) groups excluding carboxylic acids is 1. The van der Waals surface area contributed by atoms with Crippen LogP contribution in [0.1, 0.15) is 15.2 Å². The molecule has 0 fully saturated rings. The molecule has 5 nitrogen and oxygen atoms in total. The van der Waals surface area contributed by atoms with Gasteiger partial charge in [-0.2, -0.15) is 23.3 Å². The lowest BCUT2D eigenvalue weighted by Gasteiger charge is -2.11. The van der Waals surface area contributed by atoms with Crippen LogP contribution in [0.5, 0.6) is 0 Å². The van der Waals surface area contributed by atoms with Crippen molar-refractivity contribution in [2.75, 3.05) is 5.01 Å². The molecule has 0 saturated carbocycles. The predicted octanol–water partition coefficient (Wildman–Crippen LogP) is 3.79. The highest BCUT2D eigenvalue weighted by Gasteiger charge is 2.46. The van der Waals surface area contributed by atoms with Crippen LogP contribution in [0.2, 0.25) is 0 Å². The Morgan fingerprint density at radius 3 is 2.40 bits per heavy atom. The number of aromatic carboxylic acids is 1. The first-order valence-electron chi connectivity index (χ1n) is 6.86.